The van der Waals surface area contributed by atoms with Gasteiger partial charge in [0.05, 0.1) is 0 Å². The molecule has 84 valence electrons. The third-order valence-electron chi connectivity index (χ3n) is 3.45. The van der Waals surface area contributed by atoms with Gasteiger partial charge in [-0.05, 0) is 12.8 Å². The van der Waals surface area contributed by atoms with E-state index in [4.69, 9.17) is 0 Å². The van der Waals surface area contributed by atoms with Gasteiger partial charge in [-0.25, -0.2) is 0 Å². The van der Waals surface area contributed by atoms with E-state index in [1.807, 2.05) is 11.8 Å². The average Bonchev–Trinajstić information content (AvgIpc) is 2.76. The third kappa shape index (κ3) is 1.98. The summed E-state index contributed by atoms with van der Waals surface area (Å²) in [4.78, 5) is 24.8. The Balaban J connectivity index is 1.94. The first-order chi connectivity index (χ1) is 7.15. The highest BCUT2D eigenvalue weighted by Crippen LogP contribution is 2.36. The molecule has 0 bridgehead atoms. The van der Waals surface area contributed by atoms with Crippen LogP contribution in [0.4, 0.5) is 0 Å². The molecule has 0 aromatic carbocycles. The molecule has 2 aliphatic heterocycles. The monoisotopic (exact) mass is 210 g/mol. The number of likely N-dealkylation sites (tertiary alicyclic amines) is 1. The molecule has 0 aromatic heterocycles. The summed E-state index contributed by atoms with van der Waals surface area (Å²) in [6.45, 7) is 4.37. The number of nitrogens with one attached hydrogen (secondary N) is 1. The van der Waals surface area contributed by atoms with E-state index in [0.29, 0.717) is 12.8 Å². The SMILES string of the molecule is CCCC(=O)N1CCC2(CNC(=O)C2)C1. The van der Waals surface area contributed by atoms with Crippen molar-refractivity contribution in [1.29, 1.82) is 0 Å². The fraction of sp³-hybridized carbons (Fsp3) is 0.818. The molecule has 2 aliphatic rings. The molecule has 2 heterocycles. The molecule has 0 saturated carbocycles. The first-order valence-electron chi connectivity index (χ1n) is 5.70. The Kier molecular flexibility index (Phi) is 2.67. The van der Waals surface area contributed by atoms with Crippen LogP contribution in [0.25, 0.3) is 0 Å². The smallest absolute Gasteiger partial charge is 0.222 e. The first-order valence-corrected chi connectivity index (χ1v) is 5.70. The van der Waals surface area contributed by atoms with Gasteiger partial charge in [0.15, 0.2) is 0 Å². The summed E-state index contributed by atoms with van der Waals surface area (Å²) in [5.74, 6) is 0.383. The Labute approximate surface area is 90.0 Å². The van der Waals surface area contributed by atoms with Crippen LogP contribution in [0.1, 0.15) is 32.6 Å². The molecular formula is C11H18N2O2. The molecule has 1 N–H and O–H groups in total. The maximum atomic E-state index is 11.7. The second-order valence-corrected chi connectivity index (χ2v) is 4.77. The summed E-state index contributed by atoms with van der Waals surface area (Å²) in [6.07, 6.45) is 3.11. The molecule has 4 nitrogen and oxygen atoms in total. The Bertz CT molecular complexity index is 290. The number of hydrogen-bond acceptors (Lipinski definition) is 2. The van der Waals surface area contributed by atoms with Crippen molar-refractivity contribution in [2.24, 2.45) is 5.41 Å². The van der Waals surface area contributed by atoms with Crippen LogP contribution < -0.4 is 5.32 Å². The minimum Gasteiger partial charge on any atom is -0.355 e. The molecule has 0 radical (unpaired) electrons. The van der Waals surface area contributed by atoms with Gasteiger partial charge in [0, 0.05) is 37.9 Å². The predicted octanol–water partition coefficient (Wildman–Crippen LogP) is 0.525. The topological polar surface area (TPSA) is 49.4 Å². The largest absolute Gasteiger partial charge is 0.355 e. The van der Waals surface area contributed by atoms with Crippen LogP contribution >= 0.6 is 0 Å². The van der Waals surface area contributed by atoms with E-state index in [2.05, 4.69) is 5.32 Å². The van der Waals surface area contributed by atoms with Crippen molar-refractivity contribution in [1.82, 2.24) is 10.2 Å². The van der Waals surface area contributed by atoms with E-state index in [-0.39, 0.29) is 17.2 Å². The van der Waals surface area contributed by atoms with Crippen LogP contribution in [-0.2, 0) is 9.59 Å². The molecular weight excluding hydrogens is 192 g/mol. The molecule has 2 saturated heterocycles. The maximum absolute atomic E-state index is 11.7. The van der Waals surface area contributed by atoms with Crippen molar-refractivity contribution < 1.29 is 9.59 Å². The van der Waals surface area contributed by atoms with Crippen molar-refractivity contribution in [3.8, 4) is 0 Å². The molecule has 1 spiro atoms. The normalized spacial score (nSPS) is 29.9. The van der Waals surface area contributed by atoms with Gasteiger partial charge < -0.3 is 10.2 Å². The van der Waals surface area contributed by atoms with E-state index in [1.54, 1.807) is 0 Å². The van der Waals surface area contributed by atoms with Gasteiger partial charge in [-0.3, -0.25) is 9.59 Å². The fourth-order valence-corrected chi connectivity index (χ4v) is 2.56. The molecule has 2 rings (SSSR count). The second kappa shape index (κ2) is 3.83. The quantitative estimate of drug-likeness (QED) is 0.722. The molecule has 15 heavy (non-hydrogen) atoms. The van der Waals surface area contributed by atoms with E-state index in [1.165, 1.54) is 0 Å². The Morgan fingerprint density at radius 1 is 1.60 bits per heavy atom. The van der Waals surface area contributed by atoms with E-state index in [9.17, 15) is 9.59 Å². The lowest BCUT2D eigenvalue weighted by Gasteiger charge is -2.21. The van der Waals surface area contributed by atoms with E-state index in [0.717, 1.165) is 32.5 Å². The van der Waals surface area contributed by atoms with Crippen LogP contribution in [-0.4, -0.2) is 36.3 Å². The van der Waals surface area contributed by atoms with Gasteiger partial charge in [0.2, 0.25) is 11.8 Å². The minimum atomic E-state index is 0.0560. The van der Waals surface area contributed by atoms with Crippen LogP contribution in [0.5, 0.6) is 0 Å². The fourth-order valence-electron chi connectivity index (χ4n) is 2.56. The zero-order valence-electron chi connectivity index (χ0n) is 9.21. The lowest BCUT2D eigenvalue weighted by atomic mass is 9.86. The second-order valence-electron chi connectivity index (χ2n) is 4.77. The van der Waals surface area contributed by atoms with Gasteiger partial charge in [0.25, 0.3) is 0 Å². The van der Waals surface area contributed by atoms with Gasteiger partial charge in [0.1, 0.15) is 0 Å². The first kappa shape index (κ1) is 10.5. The summed E-state index contributed by atoms with van der Waals surface area (Å²) >= 11 is 0. The van der Waals surface area contributed by atoms with E-state index >= 15 is 0 Å². The molecule has 0 aromatic rings. The number of hydrogen-bond donors (Lipinski definition) is 1. The summed E-state index contributed by atoms with van der Waals surface area (Å²) in [5.41, 5.74) is 0.0560. The molecule has 2 amide bonds. The zero-order chi connectivity index (χ0) is 10.9. The number of carbonyl (C=O) groups is 2. The lowest BCUT2D eigenvalue weighted by Crippen LogP contribution is -2.33. The van der Waals surface area contributed by atoms with Gasteiger partial charge in [-0.1, -0.05) is 6.92 Å². The van der Waals surface area contributed by atoms with Crippen LogP contribution in [0.3, 0.4) is 0 Å². The highest BCUT2D eigenvalue weighted by atomic mass is 16.2. The number of carbonyl (C=O) groups excluding carboxylic acids is 2. The van der Waals surface area contributed by atoms with Crippen LogP contribution in [0.2, 0.25) is 0 Å². The van der Waals surface area contributed by atoms with Gasteiger partial charge in [-0.15, -0.1) is 0 Å². The van der Waals surface area contributed by atoms with Gasteiger partial charge >= 0.3 is 0 Å². The molecule has 1 unspecified atom stereocenters. The van der Waals surface area contributed by atoms with E-state index < -0.39 is 0 Å². The van der Waals surface area contributed by atoms with Crippen molar-refractivity contribution in [3.05, 3.63) is 0 Å². The lowest BCUT2D eigenvalue weighted by molar-refractivity contribution is -0.130. The van der Waals surface area contributed by atoms with Crippen molar-refractivity contribution in [3.63, 3.8) is 0 Å². The standard InChI is InChI=1S/C11H18N2O2/c1-2-3-10(15)13-5-4-11(8-13)6-9(14)12-7-11/h2-8H2,1H3,(H,12,14). The Morgan fingerprint density at radius 2 is 2.40 bits per heavy atom. The molecule has 4 heteroatoms. The molecule has 0 aliphatic carbocycles. The highest BCUT2D eigenvalue weighted by molar-refractivity contribution is 5.80. The highest BCUT2D eigenvalue weighted by Gasteiger charge is 2.44. The van der Waals surface area contributed by atoms with Crippen molar-refractivity contribution >= 4 is 11.8 Å². The maximum Gasteiger partial charge on any atom is 0.222 e. The molecule has 2 fully saturated rings. The third-order valence-corrected chi connectivity index (χ3v) is 3.45. The van der Waals surface area contributed by atoms with Crippen molar-refractivity contribution in [2.75, 3.05) is 19.6 Å². The Morgan fingerprint density at radius 3 is 3.00 bits per heavy atom. The number of amides is 2. The van der Waals surface area contributed by atoms with Crippen LogP contribution in [0, 0.1) is 5.41 Å². The van der Waals surface area contributed by atoms with Gasteiger partial charge in [-0.2, -0.15) is 0 Å². The van der Waals surface area contributed by atoms with Crippen LogP contribution in [0.15, 0.2) is 0 Å². The average molecular weight is 210 g/mol. The van der Waals surface area contributed by atoms with Crippen molar-refractivity contribution in [2.45, 2.75) is 32.6 Å². The Hall–Kier alpha value is -1.06. The summed E-state index contributed by atoms with van der Waals surface area (Å²) in [6, 6.07) is 0. The summed E-state index contributed by atoms with van der Waals surface area (Å²) in [7, 11) is 0. The minimum absolute atomic E-state index is 0.0560. The number of nitrogens with zero attached hydrogens (tertiary/aromatic N) is 1. The summed E-state index contributed by atoms with van der Waals surface area (Å²) in [5, 5.41) is 2.87. The summed E-state index contributed by atoms with van der Waals surface area (Å²) < 4.78 is 0. The molecule has 1 atom stereocenters. The predicted molar refractivity (Wildman–Crippen MR) is 56.2 cm³/mol. The number of rotatable bonds is 2. The zero-order valence-corrected chi connectivity index (χ0v) is 9.21.